The predicted octanol–water partition coefficient (Wildman–Crippen LogP) is 8.67. The number of hydrogen-bond donors (Lipinski definition) is 2. The van der Waals surface area contributed by atoms with Crippen LogP contribution < -0.4 is 11.4 Å². The van der Waals surface area contributed by atoms with Gasteiger partial charge in [0, 0.05) is 121 Å². The summed E-state index contributed by atoms with van der Waals surface area (Å²) in [5, 5.41) is 12.5. The van der Waals surface area contributed by atoms with Gasteiger partial charge < -0.3 is 43.2 Å². The summed E-state index contributed by atoms with van der Waals surface area (Å²) < 4.78 is 70.6. The minimum absolute atomic E-state index is 0. The molecule has 2 aromatic carbocycles. The number of amides is 2. The van der Waals surface area contributed by atoms with Crippen LogP contribution >= 0.6 is 33.1 Å². The molecule has 1 unspecified atom stereocenters. The number of nitrogens with one attached hydrogen (secondary N) is 1. The number of hydrogen-bond acceptors (Lipinski definition) is 14. The molecular formula is C58H77Cl2N10O12PS2. The molecule has 3 fully saturated rings. The van der Waals surface area contributed by atoms with E-state index in [2.05, 4.69) is 19.5 Å². The highest BCUT2D eigenvalue weighted by molar-refractivity contribution is 7.90. The van der Waals surface area contributed by atoms with Crippen molar-refractivity contribution in [1.29, 1.82) is 0 Å². The van der Waals surface area contributed by atoms with Crippen LogP contribution in [-0.4, -0.2) is 156 Å². The van der Waals surface area contributed by atoms with Gasteiger partial charge in [0.2, 0.25) is 0 Å². The summed E-state index contributed by atoms with van der Waals surface area (Å²) in [6.07, 6.45) is 11.8. The lowest BCUT2D eigenvalue weighted by Gasteiger charge is -2.40. The Labute approximate surface area is 507 Å². The highest BCUT2D eigenvalue weighted by Gasteiger charge is 2.38. The predicted molar refractivity (Wildman–Crippen MR) is 337 cm³/mol. The zero-order valence-electron chi connectivity index (χ0n) is 49.3. The number of carbonyl (C=O) groups is 2. The van der Waals surface area contributed by atoms with Crippen molar-refractivity contribution in [2.75, 3.05) is 63.4 Å². The topological polar surface area (TPSA) is 257 Å². The molecule has 85 heavy (non-hydrogen) atoms. The number of aliphatic hydroxyl groups is 1. The van der Waals surface area contributed by atoms with E-state index in [0.29, 0.717) is 73.2 Å². The Balaban J connectivity index is 0.000000189. The first-order chi connectivity index (χ1) is 39.6. The summed E-state index contributed by atoms with van der Waals surface area (Å²) in [5.74, 6) is 0.212. The molecule has 3 aliphatic rings. The Hall–Kier alpha value is -6.27. The molecule has 2 N–H and O–H groups in total. The van der Waals surface area contributed by atoms with Gasteiger partial charge >= 0.3 is 23.6 Å². The van der Waals surface area contributed by atoms with E-state index in [9.17, 15) is 41.1 Å². The number of halogens is 2. The van der Waals surface area contributed by atoms with Gasteiger partial charge in [-0.2, -0.15) is 9.90 Å². The Morgan fingerprint density at radius 3 is 1.59 bits per heavy atom. The number of aryl methyl sites for hydroxylation is 2. The number of nitrogens with zero attached hydrogens (tertiary/aromatic N) is 9. The summed E-state index contributed by atoms with van der Waals surface area (Å²) in [6.45, 7) is 15.9. The molecule has 27 heteroatoms. The summed E-state index contributed by atoms with van der Waals surface area (Å²) in [7, 11) is -6.06. The van der Waals surface area contributed by atoms with Crippen molar-refractivity contribution < 1.29 is 45.7 Å². The third-order valence-corrected chi connectivity index (χ3v) is 16.6. The highest BCUT2D eigenvalue weighted by atomic mass is 35.5. The number of fused-ring (bicyclic) bond motifs is 4. The van der Waals surface area contributed by atoms with E-state index in [0.717, 1.165) is 57.4 Å². The van der Waals surface area contributed by atoms with Crippen LogP contribution in [0.15, 0.2) is 95.0 Å². The van der Waals surface area contributed by atoms with Crippen molar-refractivity contribution in [2.45, 2.75) is 117 Å². The number of ether oxygens (including phenoxy) is 3. The van der Waals surface area contributed by atoms with Crippen LogP contribution in [0.1, 0.15) is 90.7 Å². The summed E-state index contributed by atoms with van der Waals surface area (Å²) >= 11 is 12.2. The SMILES string of the molecule is C1CCOC1.CC(C)(C)OC(=O)N1CC(n2c(=O)[nH]c3cnccc32)C1.CC(C)(C)OC(=O)N1CC(n2c(=O)n(Cc3cc4cc(Cl)ccc4n3CCCS(C)(=O)=O)c3cnccc32)C1.CS(=O)(=O)CCCn1c(CO)cc2cc(Cl)ccc21.P. The van der Waals surface area contributed by atoms with Crippen molar-refractivity contribution in [2.24, 2.45) is 0 Å². The molecule has 0 saturated carbocycles. The fraction of sp³-hybridized carbons (Fsp3) is 0.483. The molecule has 22 nitrogen and oxygen atoms in total. The number of aromatic nitrogens is 8. The zero-order valence-corrected chi connectivity index (χ0v) is 53.9. The van der Waals surface area contributed by atoms with E-state index in [4.69, 9.17) is 37.4 Å². The van der Waals surface area contributed by atoms with Crippen LogP contribution in [0.2, 0.25) is 10.0 Å². The van der Waals surface area contributed by atoms with Gasteiger partial charge in [0.1, 0.15) is 30.9 Å². The average molecular weight is 1270 g/mol. The number of likely N-dealkylation sites (tertiary alicyclic amines) is 2. The third kappa shape index (κ3) is 17.3. The Morgan fingerprint density at radius 2 is 1.12 bits per heavy atom. The zero-order chi connectivity index (χ0) is 60.9. The number of sulfone groups is 2. The van der Waals surface area contributed by atoms with E-state index < -0.39 is 37.0 Å². The molecule has 0 aliphatic carbocycles. The lowest BCUT2D eigenvalue weighted by atomic mass is 10.1. The Bertz CT molecular complexity index is 4010. The normalized spacial score (nSPS) is 14.9. The van der Waals surface area contributed by atoms with Gasteiger partial charge in [0.25, 0.3) is 0 Å². The second-order valence-electron chi connectivity index (χ2n) is 23.3. The standard InChI is InChI=1S/C27H32ClN5O5S.C14H18N4O3.C13H16ClNO3S.C4H8O.H3P/c1-27(2,3)38-26(35)30-15-21(16-30)33-23-8-9-29-14-24(23)32(25(33)34)17-20-13-18-12-19(28)6-7-22(18)31(20)10-5-11-39(4,36)37;1-14(2,3)21-13(20)17-7-9(8-17)18-11-4-5-15-6-10(11)16-12(18)19;1-19(17,18)6-2-5-15-12(9-16)8-10-7-11(14)3-4-13(10)15;1-2-4-5-3-1;/h6-9,12-14,21H,5,10-11,15-17H2,1-4H3;4-6,9H,7-8H2,1-3H3,(H,16,19);3-4,7-8,16H,2,5-6,9H2,1H3;1-4H2;1H3. The molecule has 11 rings (SSSR count). The van der Waals surface area contributed by atoms with Crippen LogP contribution in [-0.2, 0) is 60.1 Å². The first-order valence-electron chi connectivity index (χ1n) is 27.7. The number of imidazole rings is 2. The molecule has 9 heterocycles. The average Bonchev–Trinajstić information content (AvgIpc) is 1.78. The van der Waals surface area contributed by atoms with Crippen molar-refractivity contribution in [1.82, 2.24) is 47.6 Å². The quantitative estimate of drug-likeness (QED) is 0.102. The van der Waals surface area contributed by atoms with Crippen LogP contribution in [0.4, 0.5) is 9.59 Å². The Morgan fingerprint density at radius 1 is 0.647 bits per heavy atom. The van der Waals surface area contributed by atoms with Gasteiger partial charge in [-0.1, -0.05) is 23.2 Å². The number of rotatable bonds is 13. The number of benzene rings is 2. The van der Waals surface area contributed by atoms with Gasteiger partial charge in [-0.15, -0.1) is 0 Å². The number of pyridine rings is 2. The summed E-state index contributed by atoms with van der Waals surface area (Å²) in [5.41, 5.74) is 4.98. The first-order valence-corrected chi connectivity index (χ1v) is 32.6. The molecule has 2 amide bonds. The molecule has 3 saturated heterocycles. The maximum atomic E-state index is 13.8. The van der Waals surface area contributed by atoms with Crippen LogP contribution in [0.5, 0.6) is 0 Å². The van der Waals surface area contributed by atoms with Crippen molar-refractivity contribution in [3.05, 3.63) is 128 Å². The van der Waals surface area contributed by atoms with Crippen molar-refractivity contribution in [3.63, 3.8) is 0 Å². The van der Waals surface area contributed by atoms with E-state index in [-0.39, 0.29) is 64.1 Å². The molecule has 0 radical (unpaired) electrons. The van der Waals surface area contributed by atoms with Crippen LogP contribution in [0, 0.1) is 0 Å². The third-order valence-electron chi connectivity index (χ3n) is 14.0. The van der Waals surface area contributed by atoms with Crippen LogP contribution in [0.3, 0.4) is 0 Å². The maximum Gasteiger partial charge on any atom is 0.410 e. The molecule has 8 aromatic rings. The highest BCUT2D eigenvalue weighted by Crippen LogP contribution is 2.30. The first kappa shape index (κ1) is 66.3. The lowest BCUT2D eigenvalue weighted by molar-refractivity contribution is 0.000323. The lowest BCUT2D eigenvalue weighted by Crippen LogP contribution is -2.54. The van der Waals surface area contributed by atoms with Gasteiger partial charge in [0.05, 0.1) is 71.2 Å². The fourth-order valence-corrected chi connectivity index (χ4v) is 11.9. The number of aromatic amines is 1. The smallest absolute Gasteiger partial charge is 0.410 e. The second kappa shape index (κ2) is 27.6. The molecule has 0 spiro atoms. The molecule has 1 atom stereocenters. The van der Waals surface area contributed by atoms with Gasteiger partial charge in [-0.3, -0.25) is 23.7 Å². The summed E-state index contributed by atoms with van der Waals surface area (Å²) in [4.78, 5) is 64.4. The minimum atomic E-state index is -3.11. The number of carbonyl (C=O) groups excluding carboxylic acids is 2. The molecular weight excluding hydrogens is 1190 g/mol. The number of aliphatic hydroxyl groups excluding tert-OH is 1. The molecule has 462 valence electrons. The second-order valence-corrected chi connectivity index (χ2v) is 28.7. The number of H-pyrrole nitrogens is 1. The van der Waals surface area contributed by atoms with Gasteiger partial charge in [-0.05, 0) is 128 Å². The van der Waals surface area contributed by atoms with Gasteiger partial charge in [0.15, 0.2) is 0 Å². The Kier molecular flexibility index (Phi) is 21.5. The maximum absolute atomic E-state index is 13.8. The summed E-state index contributed by atoms with van der Waals surface area (Å²) in [6, 6.07) is 18.3. The van der Waals surface area contributed by atoms with Crippen LogP contribution in [0.25, 0.3) is 43.9 Å². The largest absolute Gasteiger partial charge is 0.444 e. The molecule has 6 aromatic heterocycles. The van der Waals surface area contributed by atoms with Crippen molar-refractivity contribution >= 4 is 109 Å². The van der Waals surface area contributed by atoms with E-state index in [1.54, 1.807) is 66.5 Å². The molecule has 3 aliphatic heterocycles. The molecule has 0 bridgehead atoms. The van der Waals surface area contributed by atoms with E-state index in [1.807, 2.05) is 88.6 Å². The fourth-order valence-electron chi connectivity index (χ4n) is 10.2. The monoisotopic (exact) mass is 1270 g/mol. The van der Waals surface area contributed by atoms with Crippen molar-refractivity contribution in [3.8, 4) is 0 Å². The van der Waals surface area contributed by atoms with E-state index >= 15 is 0 Å². The van der Waals surface area contributed by atoms with E-state index in [1.165, 1.54) is 25.4 Å². The van der Waals surface area contributed by atoms with Gasteiger partial charge in [-0.25, -0.2) is 36.0 Å². The minimum Gasteiger partial charge on any atom is -0.444 e.